The van der Waals surface area contributed by atoms with Crippen molar-refractivity contribution < 1.29 is 18.3 Å². The van der Waals surface area contributed by atoms with Gasteiger partial charge in [-0.15, -0.1) is 0 Å². The highest BCUT2D eigenvalue weighted by molar-refractivity contribution is 7.89. The summed E-state index contributed by atoms with van der Waals surface area (Å²) in [6.45, 7) is 4.28. The largest absolute Gasteiger partial charge is 0.478 e. The molecule has 0 aliphatic rings. The molecule has 0 saturated heterocycles. The third-order valence-electron chi connectivity index (χ3n) is 2.49. The summed E-state index contributed by atoms with van der Waals surface area (Å²) >= 11 is 5.69. The number of carbonyl (C=O) groups is 1. The zero-order chi connectivity index (χ0) is 14.6. The van der Waals surface area contributed by atoms with Crippen LogP contribution in [0, 0.1) is 5.92 Å². The lowest BCUT2D eigenvalue weighted by atomic mass is 10.1. The molecule has 106 valence electrons. The van der Waals surface area contributed by atoms with E-state index in [0.717, 1.165) is 6.07 Å². The minimum Gasteiger partial charge on any atom is -0.478 e. The van der Waals surface area contributed by atoms with Gasteiger partial charge in [0.2, 0.25) is 10.0 Å². The van der Waals surface area contributed by atoms with Crippen molar-refractivity contribution in [3.8, 4) is 0 Å². The molecule has 0 unspecified atom stereocenters. The molecule has 1 aromatic rings. The van der Waals surface area contributed by atoms with Gasteiger partial charge < -0.3 is 5.11 Å². The number of halogens is 1. The molecule has 0 heterocycles. The van der Waals surface area contributed by atoms with Crippen LogP contribution in [0.25, 0.3) is 0 Å². The van der Waals surface area contributed by atoms with E-state index in [9.17, 15) is 13.2 Å². The highest BCUT2D eigenvalue weighted by Crippen LogP contribution is 2.20. The first-order valence-corrected chi connectivity index (χ1v) is 7.62. The Morgan fingerprint density at radius 3 is 2.58 bits per heavy atom. The molecule has 0 radical (unpaired) electrons. The Hall–Kier alpha value is -1.11. The SMILES string of the molecule is CC(C)CCNS(=O)(=O)c1ccc(Cl)c(C(=O)O)c1. The number of carboxylic acids is 1. The summed E-state index contributed by atoms with van der Waals surface area (Å²) in [6, 6.07) is 3.61. The van der Waals surface area contributed by atoms with Crippen molar-refractivity contribution in [1.82, 2.24) is 4.72 Å². The van der Waals surface area contributed by atoms with Crippen molar-refractivity contribution >= 4 is 27.6 Å². The molecular formula is C12H16ClNO4S. The number of carboxylic acid groups (broad SMARTS) is 1. The van der Waals surface area contributed by atoms with Crippen LogP contribution in [0.4, 0.5) is 0 Å². The van der Waals surface area contributed by atoms with E-state index in [-0.39, 0.29) is 15.5 Å². The quantitative estimate of drug-likeness (QED) is 0.845. The lowest BCUT2D eigenvalue weighted by molar-refractivity contribution is 0.0697. The standard InChI is InChI=1S/C12H16ClNO4S/c1-8(2)5-6-14-19(17,18)9-3-4-11(13)10(7-9)12(15)16/h3-4,7-8,14H,5-6H2,1-2H3,(H,15,16). The van der Waals surface area contributed by atoms with E-state index < -0.39 is 16.0 Å². The average Bonchev–Trinajstić information content (AvgIpc) is 2.27. The van der Waals surface area contributed by atoms with Crippen molar-refractivity contribution in [3.63, 3.8) is 0 Å². The van der Waals surface area contributed by atoms with E-state index in [2.05, 4.69) is 4.72 Å². The Morgan fingerprint density at radius 2 is 2.05 bits per heavy atom. The number of nitrogens with one attached hydrogen (secondary N) is 1. The summed E-state index contributed by atoms with van der Waals surface area (Å²) in [7, 11) is -3.70. The van der Waals surface area contributed by atoms with Crippen molar-refractivity contribution in [2.75, 3.05) is 6.54 Å². The van der Waals surface area contributed by atoms with E-state index in [1.807, 2.05) is 13.8 Å². The number of hydrogen-bond donors (Lipinski definition) is 2. The second kappa shape index (κ2) is 6.36. The maximum absolute atomic E-state index is 12.0. The van der Waals surface area contributed by atoms with Crippen LogP contribution in [-0.4, -0.2) is 26.0 Å². The molecule has 1 rings (SSSR count). The normalized spacial score (nSPS) is 11.8. The lowest BCUT2D eigenvalue weighted by Crippen LogP contribution is -2.25. The van der Waals surface area contributed by atoms with E-state index >= 15 is 0 Å². The molecule has 0 amide bonds. The first-order valence-electron chi connectivity index (χ1n) is 5.76. The summed E-state index contributed by atoms with van der Waals surface area (Å²) in [5.74, 6) is -0.883. The molecule has 0 spiro atoms. The second-order valence-electron chi connectivity index (χ2n) is 4.53. The molecular weight excluding hydrogens is 290 g/mol. The van der Waals surface area contributed by atoms with Gasteiger partial charge in [0, 0.05) is 6.54 Å². The van der Waals surface area contributed by atoms with Crippen molar-refractivity contribution in [2.45, 2.75) is 25.2 Å². The molecule has 0 fully saturated rings. The van der Waals surface area contributed by atoms with Crippen LogP contribution in [-0.2, 0) is 10.0 Å². The first kappa shape index (κ1) is 15.9. The van der Waals surface area contributed by atoms with Gasteiger partial charge in [0.1, 0.15) is 0 Å². The summed E-state index contributed by atoms with van der Waals surface area (Å²) < 4.78 is 26.3. The summed E-state index contributed by atoms with van der Waals surface area (Å²) in [4.78, 5) is 10.8. The third-order valence-corrected chi connectivity index (χ3v) is 4.28. The van der Waals surface area contributed by atoms with Gasteiger partial charge in [0.05, 0.1) is 15.5 Å². The molecule has 19 heavy (non-hydrogen) atoms. The monoisotopic (exact) mass is 305 g/mol. The van der Waals surface area contributed by atoms with Crippen molar-refractivity contribution in [3.05, 3.63) is 28.8 Å². The van der Waals surface area contributed by atoms with Gasteiger partial charge in [0.25, 0.3) is 0 Å². The second-order valence-corrected chi connectivity index (χ2v) is 6.70. The van der Waals surface area contributed by atoms with E-state index in [1.165, 1.54) is 12.1 Å². The number of sulfonamides is 1. The van der Waals surface area contributed by atoms with Crippen LogP contribution >= 0.6 is 11.6 Å². The summed E-state index contributed by atoms with van der Waals surface area (Å²) in [6.07, 6.45) is 0.707. The van der Waals surface area contributed by atoms with Crippen LogP contribution in [0.5, 0.6) is 0 Å². The smallest absolute Gasteiger partial charge is 0.337 e. The molecule has 0 aromatic heterocycles. The maximum atomic E-state index is 12.0. The van der Waals surface area contributed by atoms with Gasteiger partial charge in [-0.05, 0) is 30.5 Å². The van der Waals surface area contributed by atoms with Crippen molar-refractivity contribution in [2.24, 2.45) is 5.92 Å². The number of hydrogen-bond acceptors (Lipinski definition) is 3. The average molecular weight is 306 g/mol. The van der Waals surface area contributed by atoms with E-state index in [0.29, 0.717) is 18.9 Å². The van der Waals surface area contributed by atoms with Gasteiger partial charge in [0.15, 0.2) is 0 Å². The zero-order valence-electron chi connectivity index (χ0n) is 10.7. The fraction of sp³-hybridized carbons (Fsp3) is 0.417. The molecule has 0 saturated carbocycles. The molecule has 7 heteroatoms. The first-order chi connectivity index (χ1) is 8.74. The zero-order valence-corrected chi connectivity index (χ0v) is 12.3. The minimum atomic E-state index is -3.70. The van der Waals surface area contributed by atoms with Gasteiger partial charge in [-0.25, -0.2) is 17.9 Å². The van der Waals surface area contributed by atoms with E-state index in [1.54, 1.807) is 0 Å². The molecule has 1 aromatic carbocycles. The lowest BCUT2D eigenvalue weighted by Gasteiger charge is -2.09. The fourth-order valence-electron chi connectivity index (χ4n) is 1.40. The minimum absolute atomic E-state index is 0.00799. The Balaban J connectivity index is 2.96. The van der Waals surface area contributed by atoms with Crippen LogP contribution in [0.2, 0.25) is 5.02 Å². The molecule has 0 aliphatic carbocycles. The van der Waals surface area contributed by atoms with E-state index in [4.69, 9.17) is 16.7 Å². The van der Waals surface area contributed by atoms with Crippen molar-refractivity contribution in [1.29, 1.82) is 0 Å². The third kappa shape index (κ3) is 4.49. The summed E-state index contributed by atoms with van der Waals surface area (Å²) in [5, 5.41) is 8.91. The molecule has 5 nitrogen and oxygen atoms in total. The predicted octanol–water partition coefficient (Wildman–Crippen LogP) is 2.36. The van der Waals surface area contributed by atoms with Gasteiger partial charge in [-0.1, -0.05) is 25.4 Å². The highest BCUT2D eigenvalue weighted by atomic mass is 35.5. The van der Waals surface area contributed by atoms with Crippen LogP contribution in [0.15, 0.2) is 23.1 Å². The Bertz CT molecular complexity index is 569. The Morgan fingerprint density at radius 1 is 1.42 bits per heavy atom. The number of aromatic carboxylic acids is 1. The predicted molar refractivity (Wildman–Crippen MR) is 73.1 cm³/mol. The molecule has 2 N–H and O–H groups in total. The maximum Gasteiger partial charge on any atom is 0.337 e. The molecule has 0 atom stereocenters. The number of rotatable bonds is 6. The molecule has 0 bridgehead atoms. The number of benzene rings is 1. The molecule has 0 aliphatic heterocycles. The van der Waals surface area contributed by atoms with Crippen LogP contribution in [0.3, 0.4) is 0 Å². The summed E-state index contributed by atoms with van der Waals surface area (Å²) in [5.41, 5.74) is -0.228. The Labute approximate surface area is 117 Å². The highest BCUT2D eigenvalue weighted by Gasteiger charge is 2.18. The topological polar surface area (TPSA) is 83.5 Å². The fourth-order valence-corrected chi connectivity index (χ4v) is 2.67. The van der Waals surface area contributed by atoms with Crippen LogP contribution < -0.4 is 4.72 Å². The van der Waals surface area contributed by atoms with Gasteiger partial charge in [-0.3, -0.25) is 0 Å². The van der Waals surface area contributed by atoms with Gasteiger partial charge in [-0.2, -0.15) is 0 Å². The van der Waals surface area contributed by atoms with Crippen LogP contribution in [0.1, 0.15) is 30.6 Å². The van der Waals surface area contributed by atoms with Gasteiger partial charge >= 0.3 is 5.97 Å². The Kier molecular flexibility index (Phi) is 5.34.